The van der Waals surface area contributed by atoms with Gasteiger partial charge < -0.3 is 0 Å². The lowest BCUT2D eigenvalue weighted by molar-refractivity contribution is 0.487. The van der Waals surface area contributed by atoms with Crippen molar-refractivity contribution in [2.75, 3.05) is 0 Å². The molecule has 1 nitrogen and oxygen atoms in total. The van der Waals surface area contributed by atoms with Crippen LogP contribution in [0, 0.1) is 0 Å². The van der Waals surface area contributed by atoms with Crippen molar-refractivity contribution < 1.29 is 4.39 Å². The predicted octanol–water partition coefficient (Wildman–Crippen LogP) is 3.36. The maximum atomic E-state index is 12.5. The topological polar surface area (TPSA) is 12.9 Å². The lowest BCUT2D eigenvalue weighted by Gasteiger charge is -2.02. The summed E-state index contributed by atoms with van der Waals surface area (Å²) in [6.07, 6.45) is 1.48. The van der Waals surface area contributed by atoms with Crippen LogP contribution in [-0.4, -0.2) is 4.98 Å². The van der Waals surface area contributed by atoms with Gasteiger partial charge in [-0.3, -0.25) is 0 Å². The first kappa shape index (κ1) is 8.45. The first-order valence-corrected chi connectivity index (χ1v) is 4.29. The van der Waals surface area contributed by atoms with E-state index in [1.165, 1.54) is 6.20 Å². The van der Waals surface area contributed by atoms with E-state index in [9.17, 15) is 4.39 Å². The number of nitrogens with zero attached hydrogens (tertiary/aromatic N) is 1. The van der Waals surface area contributed by atoms with Gasteiger partial charge in [-0.2, -0.15) is 0 Å². The van der Waals surface area contributed by atoms with Gasteiger partial charge in [-0.15, -0.1) is 0 Å². The molecule has 0 N–H and O–H groups in total. The van der Waals surface area contributed by atoms with E-state index >= 15 is 0 Å². The fourth-order valence-electron chi connectivity index (χ4n) is 1.32. The van der Waals surface area contributed by atoms with Crippen LogP contribution in [0.4, 0.5) is 4.39 Å². The predicted molar refractivity (Wildman–Crippen MR) is 51.6 cm³/mol. The van der Waals surface area contributed by atoms with Gasteiger partial charge in [0.2, 0.25) is 0 Å². The zero-order chi connectivity index (χ0) is 9.26. The number of rotatable bonds is 1. The first-order chi connectivity index (χ1) is 6.33. The van der Waals surface area contributed by atoms with Crippen molar-refractivity contribution in [3.05, 3.63) is 41.2 Å². The van der Waals surface area contributed by atoms with Crippen molar-refractivity contribution in [2.24, 2.45) is 0 Å². The molecule has 13 heavy (non-hydrogen) atoms. The Labute approximate surface area is 80.2 Å². The standard InChI is InChI=1S/C10H7ClFN/c11-10-9-4-2-1-3-8(9)7(5-12)6-13-10/h1-4,6H,5H2. The highest BCUT2D eigenvalue weighted by atomic mass is 35.5. The molecule has 1 aromatic heterocycles. The summed E-state index contributed by atoms with van der Waals surface area (Å²) in [6.45, 7) is -0.509. The zero-order valence-corrected chi connectivity index (χ0v) is 7.55. The van der Waals surface area contributed by atoms with Gasteiger partial charge >= 0.3 is 0 Å². The Morgan fingerprint density at radius 1 is 1.23 bits per heavy atom. The van der Waals surface area contributed by atoms with Crippen LogP contribution in [0.25, 0.3) is 10.8 Å². The SMILES string of the molecule is FCc1cnc(Cl)c2ccccc12. The molecule has 0 fully saturated rings. The van der Waals surface area contributed by atoms with E-state index in [1.54, 1.807) is 0 Å². The number of aromatic nitrogens is 1. The smallest absolute Gasteiger partial charge is 0.136 e. The Morgan fingerprint density at radius 3 is 2.62 bits per heavy atom. The molecule has 0 bridgehead atoms. The van der Waals surface area contributed by atoms with Crippen molar-refractivity contribution in [2.45, 2.75) is 6.67 Å². The lowest BCUT2D eigenvalue weighted by Crippen LogP contribution is -1.86. The molecule has 0 aliphatic heterocycles. The molecule has 1 heterocycles. The van der Waals surface area contributed by atoms with Crippen LogP contribution in [0.2, 0.25) is 5.15 Å². The maximum absolute atomic E-state index is 12.5. The largest absolute Gasteiger partial charge is 0.246 e. The van der Waals surface area contributed by atoms with Crippen molar-refractivity contribution >= 4 is 22.4 Å². The first-order valence-electron chi connectivity index (χ1n) is 3.91. The van der Waals surface area contributed by atoms with E-state index in [1.807, 2.05) is 24.3 Å². The molecule has 2 aromatic rings. The highest BCUT2D eigenvalue weighted by Crippen LogP contribution is 2.24. The van der Waals surface area contributed by atoms with Crippen LogP contribution in [0.5, 0.6) is 0 Å². The Balaban J connectivity index is 2.84. The van der Waals surface area contributed by atoms with Gasteiger partial charge in [-0.05, 0) is 5.39 Å². The second kappa shape index (κ2) is 3.30. The molecule has 0 aliphatic rings. The normalized spacial score (nSPS) is 10.6. The van der Waals surface area contributed by atoms with Gasteiger partial charge in [0.15, 0.2) is 0 Å². The highest BCUT2D eigenvalue weighted by Gasteiger charge is 2.03. The van der Waals surface area contributed by atoms with Crippen molar-refractivity contribution in [3.63, 3.8) is 0 Å². The Kier molecular flexibility index (Phi) is 2.15. The summed E-state index contributed by atoms with van der Waals surface area (Å²) in [6, 6.07) is 7.40. The quantitative estimate of drug-likeness (QED) is 0.636. The Morgan fingerprint density at radius 2 is 1.92 bits per heavy atom. The molecule has 0 spiro atoms. The van der Waals surface area contributed by atoms with Crippen LogP contribution in [0.1, 0.15) is 5.56 Å². The van der Waals surface area contributed by atoms with Crippen molar-refractivity contribution in [1.29, 1.82) is 0 Å². The molecule has 0 saturated carbocycles. The molecule has 0 aliphatic carbocycles. The van der Waals surface area contributed by atoms with E-state index < -0.39 is 6.67 Å². The second-order valence-electron chi connectivity index (χ2n) is 2.75. The van der Waals surface area contributed by atoms with E-state index in [0.717, 1.165) is 10.8 Å². The van der Waals surface area contributed by atoms with E-state index in [4.69, 9.17) is 11.6 Å². The molecular formula is C10H7ClFN. The lowest BCUT2D eigenvalue weighted by atomic mass is 10.1. The number of halogens is 2. The molecule has 0 unspecified atom stereocenters. The fourth-order valence-corrected chi connectivity index (χ4v) is 1.54. The summed E-state index contributed by atoms with van der Waals surface area (Å²) in [5, 5.41) is 2.07. The number of hydrogen-bond donors (Lipinski definition) is 0. The molecule has 3 heteroatoms. The molecule has 1 aromatic carbocycles. The summed E-state index contributed by atoms with van der Waals surface area (Å²) >= 11 is 5.85. The third kappa shape index (κ3) is 1.38. The van der Waals surface area contributed by atoms with Crippen LogP contribution >= 0.6 is 11.6 Å². The van der Waals surface area contributed by atoms with Gasteiger partial charge in [-0.25, -0.2) is 9.37 Å². The minimum atomic E-state index is -0.509. The number of fused-ring (bicyclic) bond motifs is 1. The number of benzene rings is 1. The minimum absolute atomic E-state index is 0.424. The zero-order valence-electron chi connectivity index (χ0n) is 6.80. The van der Waals surface area contributed by atoms with Gasteiger partial charge in [0.05, 0.1) is 0 Å². The van der Waals surface area contributed by atoms with Gasteiger partial charge in [0.1, 0.15) is 11.8 Å². The highest BCUT2D eigenvalue weighted by molar-refractivity contribution is 6.34. The Bertz CT molecular complexity index is 442. The number of hydrogen-bond acceptors (Lipinski definition) is 1. The van der Waals surface area contributed by atoms with E-state index in [0.29, 0.717) is 10.7 Å². The van der Waals surface area contributed by atoms with Gasteiger partial charge in [0, 0.05) is 17.1 Å². The van der Waals surface area contributed by atoms with Crippen LogP contribution in [0.3, 0.4) is 0 Å². The molecular weight excluding hydrogens is 189 g/mol. The average molecular weight is 196 g/mol. The summed E-state index contributed by atoms with van der Waals surface area (Å²) in [7, 11) is 0. The van der Waals surface area contributed by atoms with E-state index in [2.05, 4.69) is 4.98 Å². The van der Waals surface area contributed by atoms with Gasteiger partial charge in [-0.1, -0.05) is 35.9 Å². The van der Waals surface area contributed by atoms with E-state index in [-0.39, 0.29) is 0 Å². The fraction of sp³-hybridized carbons (Fsp3) is 0.100. The molecule has 66 valence electrons. The molecule has 0 amide bonds. The third-order valence-corrected chi connectivity index (χ3v) is 2.27. The molecule has 0 saturated heterocycles. The molecule has 0 radical (unpaired) electrons. The number of alkyl halides is 1. The molecule has 2 rings (SSSR count). The number of pyridine rings is 1. The molecule has 0 atom stereocenters. The van der Waals surface area contributed by atoms with Gasteiger partial charge in [0.25, 0.3) is 0 Å². The third-order valence-electron chi connectivity index (χ3n) is 1.97. The van der Waals surface area contributed by atoms with Crippen LogP contribution < -0.4 is 0 Å². The van der Waals surface area contributed by atoms with Crippen molar-refractivity contribution in [1.82, 2.24) is 4.98 Å². The summed E-state index contributed by atoms with van der Waals surface area (Å²) < 4.78 is 12.5. The average Bonchev–Trinajstić information content (AvgIpc) is 2.19. The minimum Gasteiger partial charge on any atom is -0.246 e. The summed E-state index contributed by atoms with van der Waals surface area (Å²) in [5.74, 6) is 0. The van der Waals surface area contributed by atoms with Crippen LogP contribution in [0.15, 0.2) is 30.5 Å². The summed E-state index contributed by atoms with van der Waals surface area (Å²) in [4.78, 5) is 3.90. The maximum Gasteiger partial charge on any atom is 0.136 e. The Hall–Kier alpha value is -1.15. The monoisotopic (exact) mass is 195 g/mol. The summed E-state index contributed by atoms with van der Waals surface area (Å²) in [5.41, 5.74) is 0.583. The van der Waals surface area contributed by atoms with Crippen molar-refractivity contribution in [3.8, 4) is 0 Å². The second-order valence-corrected chi connectivity index (χ2v) is 3.11. The van der Waals surface area contributed by atoms with Crippen LogP contribution in [-0.2, 0) is 6.67 Å².